The number of aliphatic hydroxyl groups is 1. The third-order valence-electron chi connectivity index (χ3n) is 3.45. The van der Waals surface area contributed by atoms with Gasteiger partial charge >= 0.3 is 0 Å². The largest absolute Gasteiger partial charge is 0.392 e. The molecule has 3 heteroatoms. The van der Waals surface area contributed by atoms with Crippen LogP contribution in [0.2, 0.25) is 0 Å². The van der Waals surface area contributed by atoms with Crippen LogP contribution in [0.1, 0.15) is 32.3 Å². The van der Waals surface area contributed by atoms with Gasteiger partial charge in [0.2, 0.25) is 0 Å². The lowest BCUT2D eigenvalue weighted by atomic mass is 9.84. The van der Waals surface area contributed by atoms with Crippen molar-refractivity contribution in [2.75, 3.05) is 18.0 Å². The summed E-state index contributed by atoms with van der Waals surface area (Å²) < 4.78 is 13.1. The molecule has 1 aliphatic heterocycles. The lowest BCUT2D eigenvalue weighted by Gasteiger charge is -2.40. The van der Waals surface area contributed by atoms with E-state index in [4.69, 9.17) is 0 Å². The van der Waals surface area contributed by atoms with Gasteiger partial charge in [-0.05, 0) is 36.5 Å². The SMILES string of the molecule is CC1(C)CCCN(c2ccc(F)cc2CO)C1. The zero-order chi connectivity index (χ0) is 12.5. The zero-order valence-electron chi connectivity index (χ0n) is 10.5. The fraction of sp³-hybridized carbons (Fsp3) is 0.571. The Morgan fingerprint density at radius 3 is 2.82 bits per heavy atom. The van der Waals surface area contributed by atoms with Crippen molar-refractivity contribution in [2.24, 2.45) is 5.41 Å². The zero-order valence-corrected chi connectivity index (χ0v) is 10.5. The highest BCUT2D eigenvalue weighted by atomic mass is 19.1. The number of hydrogen-bond donors (Lipinski definition) is 1. The maximum atomic E-state index is 13.1. The molecular formula is C14H20FNO. The highest BCUT2D eigenvalue weighted by Gasteiger charge is 2.27. The lowest BCUT2D eigenvalue weighted by molar-refractivity contribution is 0.276. The van der Waals surface area contributed by atoms with Crippen LogP contribution in [-0.4, -0.2) is 18.2 Å². The van der Waals surface area contributed by atoms with E-state index in [1.54, 1.807) is 6.07 Å². The molecule has 0 spiro atoms. The molecule has 1 heterocycles. The summed E-state index contributed by atoms with van der Waals surface area (Å²) in [6.07, 6.45) is 2.37. The monoisotopic (exact) mass is 237 g/mol. The fourth-order valence-electron chi connectivity index (χ4n) is 2.62. The van der Waals surface area contributed by atoms with E-state index in [-0.39, 0.29) is 12.4 Å². The van der Waals surface area contributed by atoms with Crippen molar-refractivity contribution in [3.05, 3.63) is 29.6 Å². The van der Waals surface area contributed by atoms with Crippen molar-refractivity contribution in [1.82, 2.24) is 0 Å². The van der Waals surface area contributed by atoms with E-state index >= 15 is 0 Å². The Kier molecular flexibility index (Phi) is 3.38. The minimum atomic E-state index is -0.283. The highest BCUT2D eigenvalue weighted by Crippen LogP contribution is 2.33. The van der Waals surface area contributed by atoms with Gasteiger partial charge in [-0.2, -0.15) is 0 Å². The summed E-state index contributed by atoms with van der Waals surface area (Å²) >= 11 is 0. The van der Waals surface area contributed by atoms with E-state index in [0.29, 0.717) is 11.0 Å². The second-order valence-electron chi connectivity index (χ2n) is 5.62. The summed E-state index contributed by atoms with van der Waals surface area (Å²) in [5, 5.41) is 9.31. The molecule has 1 saturated heterocycles. The van der Waals surface area contributed by atoms with Crippen LogP contribution in [0.4, 0.5) is 10.1 Å². The Balaban J connectivity index is 2.27. The Labute approximate surface area is 102 Å². The van der Waals surface area contributed by atoms with Crippen LogP contribution < -0.4 is 4.90 Å². The number of anilines is 1. The molecule has 1 aromatic rings. The minimum absolute atomic E-state index is 0.107. The van der Waals surface area contributed by atoms with Gasteiger partial charge in [-0.3, -0.25) is 0 Å². The number of piperidine rings is 1. The number of rotatable bonds is 2. The van der Waals surface area contributed by atoms with Gasteiger partial charge in [0.1, 0.15) is 5.82 Å². The van der Waals surface area contributed by atoms with E-state index in [0.717, 1.165) is 25.2 Å². The molecule has 17 heavy (non-hydrogen) atoms. The van der Waals surface area contributed by atoms with E-state index < -0.39 is 0 Å². The molecule has 0 atom stereocenters. The summed E-state index contributed by atoms with van der Waals surface area (Å²) in [5.41, 5.74) is 1.95. The Morgan fingerprint density at radius 2 is 2.18 bits per heavy atom. The van der Waals surface area contributed by atoms with Crippen molar-refractivity contribution in [3.8, 4) is 0 Å². The van der Waals surface area contributed by atoms with Crippen molar-refractivity contribution in [2.45, 2.75) is 33.3 Å². The molecule has 0 unspecified atom stereocenters. The maximum Gasteiger partial charge on any atom is 0.123 e. The molecule has 2 rings (SSSR count). The second kappa shape index (κ2) is 4.65. The van der Waals surface area contributed by atoms with Gasteiger partial charge in [0.25, 0.3) is 0 Å². The average molecular weight is 237 g/mol. The maximum absolute atomic E-state index is 13.1. The molecule has 1 fully saturated rings. The molecule has 1 aliphatic rings. The molecular weight excluding hydrogens is 217 g/mol. The first-order valence-corrected chi connectivity index (χ1v) is 6.16. The number of benzene rings is 1. The first-order valence-electron chi connectivity index (χ1n) is 6.16. The quantitative estimate of drug-likeness (QED) is 0.855. The van der Waals surface area contributed by atoms with Crippen molar-refractivity contribution >= 4 is 5.69 Å². The number of nitrogens with zero attached hydrogens (tertiary/aromatic N) is 1. The summed E-state index contributed by atoms with van der Waals surface area (Å²) in [7, 11) is 0. The molecule has 0 aromatic heterocycles. The third-order valence-corrected chi connectivity index (χ3v) is 3.45. The predicted molar refractivity (Wildman–Crippen MR) is 67.6 cm³/mol. The molecule has 0 saturated carbocycles. The van der Waals surface area contributed by atoms with Gasteiger partial charge in [0.15, 0.2) is 0 Å². The van der Waals surface area contributed by atoms with Gasteiger partial charge in [-0.1, -0.05) is 13.8 Å². The van der Waals surface area contributed by atoms with Gasteiger partial charge in [-0.15, -0.1) is 0 Å². The topological polar surface area (TPSA) is 23.5 Å². The van der Waals surface area contributed by atoms with Crippen molar-refractivity contribution < 1.29 is 9.50 Å². The fourth-order valence-corrected chi connectivity index (χ4v) is 2.62. The van der Waals surface area contributed by atoms with Crippen molar-refractivity contribution in [1.29, 1.82) is 0 Å². The molecule has 2 nitrogen and oxygen atoms in total. The van der Waals surface area contributed by atoms with Gasteiger partial charge < -0.3 is 10.0 Å². The highest BCUT2D eigenvalue weighted by molar-refractivity contribution is 5.54. The molecule has 1 aromatic carbocycles. The van der Waals surface area contributed by atoms with Crippen LogP contribution in [0.15, 0.2) is 18.2 Å². The molecule has 0 aliphatic carbocycles. The second-order valence-corrected chi connectivity index (χ2v) is 5.62. The van der Waals surface area contributed by atoms with Gasteiger partial charge in [0, 0.05) is 24.3 Å². The number of aliphatic hydroxyl groups excluding tert-OH is 1. The molecule has 0 bridgehead atoms. The van der Waals surface area contributed by atoms with Crippen LogP contribution in [0.25, 0.3) is 0 Å². The Hall–Kier alpha value is -1.09. The van der Waals surface area contributed by atoms with E-state index in [9.17, 15) is 9.50 Å². The molecule has 0 radical (unpaired) electrons. The average Bonchev–Trinajstić information content (AvgIpc) is 2.27. The van der Waals surface area contributed by atoms with Crippen LogP contribution in [0.3, 0.4) is 0 Å². The summed E-state index contributed by atoms with van der Waals surface area (Å²) in [5.74, 6) is -0.283. The first-order chi connectivity index (χ1) is 8.02. The van der Waals surface area contributed by atoms with E-state index in [1.807, 2.05) is 0 Å². The smallest absolute Gasteiger partial charge is 0.123 e. The lowest BCUT2D eigenvalue weighted by Crippen LogP contribution is -2.40. The third kappa shape index (κ3) is 2.78. The van der Waals surface area contributed by atoms with Crippen molar-refractivity contribution in [3.63, 3.8) is 0 Å². The van der Waals surface area contributed by atoms with E-state index in [1.165, 1.54) is 18.6 Å². The summed E-state index contributed by atoms with van der Waals surface area (Å²) in [4.78, 5) is 2.26. The van der Waals surface area contributed by atoms with Crippen LogP contribution in [-0.2, 0) is 6.61 Å². The van der Waals surface area contributed by atoms with E-state index in [2.05, 4.69) is 18.7 Å². The normalized spacial score (nSPS) is 19.4. The van der Waals surface area contributed by atoms with Crippen LogP contribution >= 0.6 is 0 Å². The minimum Gasteiger partial charge on any atom is -0.392 e. The number of hydrogen-bond acceptors (Lipinski definition) is 2. The Morgan fingerprint density at radius 1 is 1.41 bits per heavy atom. The predicted octanol–water partition coefficient (Wildman–Crippen LogP) is 2.94. The number of halogens is 1. The van der Waals surface area contributed by atoms with Gasteiger partial charge in [0.05, 0.1) is 6.61 Å². The Bertz CT molecular complexity index is 403. The first kappa shape index (κ1) is 12.4. The van der Waals surface area contributed by atoms with Gasteiger partial charge in [-0.25, -0.2) is 4.39 Å². The summed E-state index contributed by atoms with van der Waals surface area (Å²) in [6.45, 7) is 6.35. The molecule has 94 valence electrons. The summed E-state index contributed by atoms with van der Waals surface area (Å²) in [6, 6.07) is 4.68. The molecule has 1 N–H and O–H groups in total. The molecule has 0 amide bonds. The standard InChI is InChI=1S/C14H20FNO/c1-14(2)6-3-7-16(10-14)13-5-4-12(15)8-11(13)9-17/h4-5,8,17H,3,6-7,9-10H2,1-2H3. The van der Waals surface area contributed by atoms with Crippen LogP contribution in [0.5, 0.6) is 0 Å². The van der Waals surface area contributed by atoms with Crippen LogP contribution in [0, 0.1) is 11.2 Å².